The molecule has 2 aromatic rings. The molecule has 0 saturated carbocycles. The highest BCUT2D eigenvalue weighted by Crippen LogP contribution is 2.24. The average molecular weight is 401 g/mol. The molecule has 0 bridgehead atoms. The quantitative estimate of drug-likeness (QED) is 0.496. The van der Waals surface area contributed by atoms with Gasteiger partial charge in [0.15, 0.2) is 0 Å². The first kappa shape index (κ1) is 20.7. The fourth-order valence-electron chi connectivity index (χ4n) is 2.58. The topological polar surface area (TPSA) is 63.5 Å². The van der Waals surface area contributed by atoms with Crippen LogP contribution in [0.15, 0.2) is 48.5 Å². The lowest BCUT2D eigenvalue weighted by Crippen LogP contribution is -2.38. The van der Waals surface area contributed by atoms with Crippen LogP contribution in [-0.2, 0) is 17.8 Å². The molecule has 0 fully saturated rings. The highest BCUT2D eigenvalue weighted by atomic mass is 35.5. The van der Waals surface area contributed by atoms with Crippen molar-refractivity contribution in [3.8, 4) is 0 Å². The number of hydrogen-bond acceptors (Lipinski definition) is 3. The van der Waals surface area contributed by atoms with Gasteiger partial charge in [-0.1, -0.05) is 48.0 Å². The summed E-state index contributed by atoms with van der Waals surface area (Å²) in [7, 11) is 0. The lowest BCUT2D eigenvalue weighted by Gasteiger charge is -2.24. The molecule has 2 aromatic carbocycles. The third kappa shape index (κ3) is 6.25. The van der Waals surface area contributed by atoms with Crippen molar-refractivity contribution in [1.29, 1.82) is 0 Å². The van der Waals surface area contributed by atoms with E-state index in [4.69, 9.17) is 11.6 Å². The van der Waals surface area contributed by atoms with E-state index in [1.807, 2.05) is 0 Å². The summed E-state index contributed by atoms with van der Waals surface area (Å²) in [4.78, 5) is 23.4. The Morgan fingerprint density at radius 1 is 1.07 bits per heavy atom. The Morgan fingerprint density at radius 2 is 1.67 bits per heavy atom. The third-order valence-electron chi connectivity index (χ3n) is 3.84. The Bertz CT molecular complexity index is 827. The molecule has 0 aliphatic carbocycles. The van der Waals surface area contributed by atoms with Crippen molar-refractivity contribution in [1.82, 2.24) is 4.90 Å². The normalized spacial score (nSPS) is 11.3. The predicted molar refractivity (Wildman–Crippen MR) is 94.3 cm³/mol. The van der Waals surface area contributed by atoms with E-state index in [9.17, 15) is 28.1 Å². The highest BCUT2D eigenvalue weighted by Gasteiger charge is 2.33. The first-order chi connectivity index (χ1) is 12.7. The first-order valence-corrected chi connectivity index (χ1v) is 8.35. The SMILES string of the molecule is O=C(CCc1ccccc1Cl)N(Cc1ccccc1[N+](=O)[O-])CC(F)(F)F. The van der Waals surface area contributed by atoms with Gasteiger partial charge in [-0.3, -0.25) is 14.9 Å². The van der Waals surface area contributed by atoms with Crippen molar-refractivity contribution in [2.75, 3.05) is 6.54 Å². The number of benzene rings is 2. The van der Waals surface area contributed by atoms with Gasteiger partial charge in [0, 0.05) is 23.1 Å². The van der Waals surface area contributed by atoms with Gasteiger partial charge < -0.3 is 4.90 Å². The van der Waals surface area contributed by atoms with E-state index < -0.39 is 30.1 Å². The van der Waals surface area contributed by atoms with Gasteiger partial charge in [-0.2, -0.15) is 13.2 Å². The third-order valence-corrected chi connectivity index (χ3v) is 4.21. The number of rotatable bonds is 7. The zero-order chi connectivity index (χ0) is 20.0. The number of nitrogens with zero attached hydrogens (tertiary/aromatic N) is 2. The van der Waals surface area contributed by atoms with Gasteiger partial charge in [-0.25, -0.2) is 0 Å². The van der Waals surface area contributed by atoms with Crippen LogP contribution in [-0.4, -0.2) is 28.5 Å². The van der Waals surface area contributed by atoms with Crippen LogP contribution >= 0.6 is 11.6 Å². The second kappa shape index (κ2) is 8.85. The van der Waals surface area contributed by atoms with Crippen molar-refractivity contribution >= 4 is 23.2 Å². The van der Waals surface area contributed by atoms with Gasteiger partial charge in [0.25, 0.3) is 5.69 Å². The molecule has 0 unspecified atom stereocenters. The molecule has 5 nitrogen and oxygen atoms in total. The molecule has 0 spiro atoms. The molecule has 0 heterocycles. The van der Waals surface area contributed by atoms with E-state index in [2.05, 4.69) is 0 Å². The van der Waals surface area contributed by atoms with Gasteiger partial charge in [-0.05, 0) is 18.1 Å². The molecule has 0 aliphatic rings. The smallest absolute Gasteiger partial charge is 0.329 e. The number of alkyl halides is 3. The Labute approximate surface area is 158 Å². The molecule has 0 atom stereocenters. The molecule has 0 aliphatic heterocycles. The Kier molecular flexibility index (Phi) is 6.79. The summed E-state index contributed by atoms with van der Waals surface area (Å²) in [6, 6.07) is 12.1. The lowest BCUT2D eigenvalue weighted by molar-refractivity contribution is -0.385. The molecule has 2 rings (SSSR count). The fourth-order valence-corrected chi connectivity index (χ4v) is 2.81. The maximum absolute atomic E-state index is 12.9. The maximum Gasteiger partial charge on any atom is 0.406 e. The summed E-state index contributed by atoms with van der Waals surface area (Å²) in [5.41, 5.74) is 0.353. The van der Waals surface area contributed by atoms with Gasteiger partial charge in [0.1, 0.15) is 6.54 Å². The zero-order valence-corrected chi connectivity index (χ0v) is 14.8. The summed E-state index contributed by atoms with van der Waals surface area (Å²) in [6.07, 6.45) is -4.65. The number of nitro groups is 1. The van der Waals surface area contributed by atoms with Gasteiger partial charge >= 0.3 is 6.18 Å². The number of hydrogen-bond donors (Lipinski definition) is 0. The summed E-state index contributed by atoms with van der Waals surface area (Å²) in [6.45, 7) is -1.99. The van der Waals surface area contributed by atoms with E-state index in [-0.39, 0.29) is 24.1 Å². The largest absolute Gasteiger partial charge is 0.406 e. The number of carbonyl (C=O) groups is 1. The molecule has 27 heavy (non-hydrogen) atoms. The van der Waals surface area contributed by atoms with Crippen LogP contribution in [0, 0.1) is 10.1 Å². The Hall–Kier alpha value is -2.61. The van der Waals surface area contributed by atoms with Crippen molar-refractivity contribution in [3.63, 3.8) is 0 Å². The van der Waals surface area contributed by atoms with Gasteiger partial charge in [0.2, 0.25) is 5.91 Å². The van der Waals surface area contributed by atoms with Gasteiger partial charge in [-0.15, -0.1) is 0 Å². The van der Waals surface area contributed by atoms with E-state index >= 15 is 0 Å². The molecule has 0 N–H and O–H groups in total. The second-order valence-corrected chi connectivity index (χ2v) is 6.25. The van der Waals surface area contributed by atoms with Crippen LogP contribution in [0.5, 0.6) is 0 Å². The van der Waals surface area contributed by atoms with Crippen LogP contribution in [0.25, 0.3) is 0 Å². The van der Waals surface area contributed by atoms with E-state index in [1.54, 1.807) is 24.3 Å². The average Bonchev–Trinajstić information content (AvgIpc) is 2.59. The number of halogens is 4. The van der Waals surface area contributed by atoms with Crippen molar-refractivity contribution in [3.05, 3.63) is 74.8 Å². The molecule has 144 valence electrons. The predicted octanol–water partition coefficient (Wildman–Crippen LogP) is 4.77. The first-order valence-electron chi connectivity index (χ1n) is 7.97. The van der Waals surface area contributed by atoms with Gasteiger partial charge in [0.05, 0.1) is 11.5 Å². The number of amides is 1. The molecule has 0 aromatic heterocycles. The number of nitro benzene ring substituents is 1. The van der Waals surface area contributed by atoms with Crippen molar-refractivity contribution < 1.29 is 22.9 Å². The van der Waals surface area contributed by atoms with Crippen LogP contribution in [0.3, 0.4) is 0 Å². The van der Waals surface area contributed by atoms with E-state index in [0.29, 0.717) is 15.5 Å². The van der Waals surface area contributed by atoms with Crippen LogP contribution in [0.2, 0.25) is 5.02 Å². The summed E-state index contributed by atoms with van der Waals surface area (Å²) in [5, 5.41) is 11.5. The molecule has 1 amide bonds. The molecular weight excluding hydrogens is 385 g/mol. The minimum absolute atomic E-state index is 0.0397. The number of aryl methyl sites for hydroxylation is 1. The monoisotopic (exact) mass is 400 g/mol. The minimum Gasteiger partial charge on any atom is -0.329 e. The van der Waals surface area contributed by atoms with Crippen molar-refractivity contribution in [2.45, 2.75) is 25.6 Å². The maximum atomic E-state index is 12.9. The Morgan fingerprint density at radius 3 is 2.26 bits per heavy atom. The zero-order valence-electron chi connectivity index (χ0n) is 14.1. The van der Waals surface area contributed by atoms with Crippen molar-refractivity contribution in [2.24, 2.45) is 0 Å². The van der Waals surface area contributed by atoms with Crippen LogP contribution in [0.1, 0.15) is 17.5 Å². The summed E-state index contributed by atoms with van der Waals surface area (Å²) >= 11 is 6.00. The molecular formula is C18H16ClF3N2O3. The van der Waals surface area contributed by atoms with Crippen LogP contribution < -0.4 is 0 Å². The summed E-state index contributed by atoms with van der Waals surface area (Å²) in [5.74, 6) is -0.759. The molecule has 0 saturated heterocycles. The Balaban J connectivity index is 2.18. The van der Waals surface area contributed by atoms with Crippen LogP contribution in [0.4, 0.5) is 18.9 Å². The standard InChI is InChI=1S/C18H16ClF3N2O3/c19-15-7-3-1-5-13(15)9-10-17(25)23(12-18(20,21)22)11-14-6-2-4-8-16(14)24(26)27/h1-8H,9-12H2. The number of carbonyl (C=O) groups excluding carboxylic acids is 1. The second-order valence-electron chi connectivity index (χ2n) is 5.84. The summed E-state index contributed by atoms with van der Waals surface area (Å²) < 4.78 is 38.7. The lowest BCUT2D eigenvalue weighted by atomic mass is 10.1. The fraction of sp³-hybridized carbons (Fsp3) is 0.278. The minimum atomic E-state index is -4.62. The molecule has 9 heteroatoms. The van der Waals surface area contributed by atoms with E-state index in [1.165, 1.54) is 24.3 Å². The highest BCUT2D eigenvalue weighted by molar-refractivity contribution is 6.31. The van der Waals surface area contributed by atoms with E-state index in [0.717, 1.165) is 0 Å². The molecule has 0 radical (unpaired) electrons. The number of para-hydroxylation sites is 1.